The normalized spacial score (nSPS) is 30.5. The molecule has 1 amide bonds. The Bertz CT molecular complexity index is 414. The molecule has 0 radical (unpaired) electrons. The van der Waals surface area contributed by atoms with Crippen molar-refractivity contribution in [3.05, 3.63) is 0 Å². The SMILES string of the molecule is CCCCOC(=O)N1CCC2CC(O)CCC2C1C(=O)OCC. The van der Waals surface area contributed by atoms with Crippen molar-refractivity contribution in [2.75, 3.05) is 19.8 Å². The van der Waals surface area contributed by atoms with Gasteiger partial charge < -0.3 is 14.6 Å². The standard InChI is InChI=1S/C17H29NO5/c1-3-5-10-23-17(21)18-9-8-12-11-13(19)6-7-14(12)15(18)16(20)22-4-2/h12-15,19H,3-11H2,1-2H3. The van der Waals surface area contributed by atoms with E-state index >= 15 is 0 Å². The Morgan fingerprint density at radius 3 is 2.65 bits per heavy atom. The Labute approximate surface area is 138 Å². The second-order valence-electron chi connectivity index (χ2n) is 6.54. The summed E-state index contributed by atoms with van der Waals surface area (Å²) in [7, 11) is 0. The molecule has 1 saturated heterocycles. The zero-order chi connectivity index (χ0) is 16.8. The number of fused-ring (bicyclic) bond motifs is 1. The fourth-order valence-corrected chi connectivity index (χ4v) is 3.81. The molecule has 0 bridgehead atoms. The molecule has 4 atom stereocenters. The maximum absolute atomic E-state index is 12.4. The van der Waals surface area contributed by atoms with Crippen LogP contribution in [-0.4, -0.2) is 54.0 Å². The molecule has 1 heterocycles. The number of ether oxygens (including phenoxy) is 2. The molecule has 0 aromatic heterocycles. The Balaban J connectivity index is 2.10. The van der Waals surface area contributed by atoms with Gasteiger partial charge in [-0.05, 0) is 50.9 Å². The van der Waals surface area contributed by atoms with Crippen molar-refractivity contribution in [3.63, 3.8) is 0 Å². The number of nitrogens with zero attached hydrogens (tertiary/aromatic N) is 1. The van der Waals surface area contributed by atoms with Crippen molar-refractivity contribution in [2.45, 2.75) is 64.5 Å². The maximum Gasteiger partial charge on any atom is 0.410 e. The van der Waals surface area contributed by atoms with Crippen molar-refractivity contribution >= 4 is 12.1 Å². The minimum Gasteiger partial charge on any atom is -0.464 e. The molecule has 0 spiro atoms. The Morgan fingerprint density at radius 2 is 1.96 bits per heavy atom. The maximum atomic E-state index is 12.4. The number of aliphatic hydroxyl groups is 1. The summed E-state index contributed by atoms with van der Waals surface area (Å²) < 4.78 is 10.5. The van der Waals surface area contributed by atoms with Crippen molar-refractivity contribution in [2.24, 2.45) is 11.8 Å². The number of amides is 1. The van der Waals surface area contributed by atoms with Gasteiger partial charge in [0.2, 0.25) is 0 Å². The molecule has 0 aromatic rings. The number of piperidine rings is 1. The van der Waals surface area contributed by atoms with Gasteiger partial charge in [0.15, 0.2) is 0 Å². The first-order valence-corrected chi connectivity index (χ1v) is 8.86. The third-order valence-electron chi connectivity index (χ3n) is 4.98. The molecule has 132 valence electrons. The highest BCUT2D eigenvalue weighted by Gasteiger charge is 2.47. The number of hydrogen-bond acceptors (Lipinski definition) is 5. The molecule has 6 nitrogen and oxygen atoms in total. The molecular formula is C17H29NO5. The number of carbonyl (C=O) groups is 2. The number of aliphatic hydroxyl groups excluding tert-OH is 1. The van der Waals surface area contributed by atoms with E-state index in [1.807, 2.05) is 6.92 Å². The monoisotopic (exact) mass is 327 g/mol. The lowest BCUT2D eigenvalue weighted by molar-refractivity contribution is -0.156. The molecule has 2 rings (SSSR count). The Kier molecular flexibility index (Phi) is 6.69. The van der Waals surface area contributed by atoms with Gasteiger partial charge >= 0.3 is 12.1 Å². The van der Waals surface area contributed by atoms with E-state index in [1.165, 1.54) is 0 Å². The lowest BCUT2D eigenvalue weighted by Crippen LogP contribution is -2.57. The first-order valence-electron chi connectivity index (χ1n) is 8.86. The average Bonchev–Trinajstić information content (AvgIpc) is 2.53. The van der Waals surface area contributed by atoms with E-state index in [1.54, 1.807) is 11.8 Å². The van der Waals surface area contributed by atoms with Crippen LogP contribution in [0.5, 0.6) is 0 Å². The Morgan fingerprint density at radius 1 is 1.17 bits per heavy atom. The van der Waals surface area contributed by atoms with Crippen LogP contribution >= 0.6 is 0 Å². The van der Waals surface area contributed by atoms with Gasteiger partial charge in [-0.1, -0.05) is 13.3 Å². The minimum absolute atomic E-state index is 0.0601. The Hall–Kier alpha value is -1.30. The molecule has 2 fully saturated rings. The highest BCUT2D eigenvalue weighted by molar-refractivity contribution is 5.82. The number of carbonyl (C=O) groups excluding carboxylic acids is 2. The first-order chi connectivity index (χ1) is 11.1. The van der Waals surface area contributed by atoms with Gasteiger partial charge in [0.05, 0.1) is 19.3 Å². The van der Waals surface area contributed by atoms with E-state index in [-0.39, 0.29) is 23.9 Å². The zero-order valence-electron chi connectivity index (χ0n) is 14.2. The van der Waals surface area contributed by atoms with Gasteiger partial charge in [0.25, 0.3) is 0 Å². The van der Waals surface area contributed by atoms with Crippen LogP contribution in [0.15, 0.2) is 0 Å². The summed E-state index contributed by atoms with van der Waals surface area (Å²) in [5.74, 6) is -0.0104. The quantitative estimate of drug-likeness (QED) is 0.619. The first kappa shape index (κ1) is 18.0. The van der Waals surface area contributed by atoms with Crippen LogP contribution in [0.4, 0.5) is 4.79 Å². The van der Waals surface area contributed by atoms with Crippen molar-refractivity contribution in [1.29, 1.82) is 0 Å². The van der Waals surface area contributed by atoms with Crippen LogP contribution < -0.4 is 0 Å². The van der Waals surface area contributed by atoms with E-state index in [0.717, 1.165) is 25.7 Å². The fraction of sp³-hybridized carbons (Fsp3) is 0.882. The second kappa shape index (κ2) is 8.52. The van der Waals surface area contributed by atoms with E-state index in [2.05, 4.69) is 0 Å². The largest absolute Gasteiger partial charge is 0.464 e. The molecule has 1 aliphatic heterocycles. The molecule has 0 aromatic carbocycles. The third-order valence-corrected chi connectivity index (χ3v) is 4.98. The van der Waals surface area contributed by atoms with Crippen LogP contribution in [0.3, 0.4) is 0 Å². The molecule has 1 saturated carbocycles. The number of hydrogen-bond donors (Lipinski definition) is 1. The topological polar surface area (TPSA) is 76.1 Å². The second-order valence-corrected chi connectivity index (χ2v) is 6.54. The molecule has 4 unspecified atom stereocenters. The van der Waals surface area contributed by atoms with Crippen LogP contribution in [0.1, 0.15) is 52.4 Å². The highest BCUT2D eigenvalue weighted by Crippen LogP contribution is 2.40. The molecule has 2 aliphatic rings. The number of rotatable bonds is 5. The predicted molar refractivity (Wildman–Crippen MR) is 84.8 cm³/mol. The fourth-order valence-electron chi connectivity index (χ4n) is 3.81. The van der Waals surface area contributed by atoms with Gasteiger partial charge in [0.1, 0.15) is 6.04 Å². The van der Waals surface area contributed by atoms with Crippen molar-refractivity contribution < 1.29 is 24.2 Å². The van der Waals surface area contributed by atoms with E-state index < -0.39 is 12.1 Å². The lowest BCUT2D eigenvalue weighted by atomic mass is 9.70. The van der Waals surface area contributed by atoms with Crippen LogP contribution in [0.2, 0.25) is 0 Å². The average molecular weight is 327 g/mol. The van der Waals surface area contributed by atoms with Crippen LogP contribution in [-0.2, 0) is 14.3 Å². The van der Waals surface area contributed by atoms with Gasteiger partial charge in [-0.2, -0.15) is 0 Å². The molecule has 1 aliphatic carbocycles. The summed E-state index contributed by atoms with van der Waals surface area (Å²) in [6.45, 7) is 4.98. The minimum atomic E-state index is -0.574. The van der Waals surface area contributed by atoms with Crippen molar-refractivity contribution in [1.82, 2.24) is 4.90 Å². The molecule has 1 N–H and O–H groups in total. The number of esters is 1. The van der Waals surface area contributed by atoms with E-state index in [9.17, 15) is 14.7 Å². The summed E-state index contributed by atoms with van der Waals surface area (Å²) in [5, 5.41) is 9.87. The number of unbranched alkanes of at least 4 members (excludes halogenated alkanes) is 1. The third kappa shape index (κ3) is 4.37. The number of likely N-dealkylation sites (tertiary alicyclic amines) is 1. The van der Waals surface area contributed by atoms with Crippen LogP contribution in [0.25, 0.3) is 0 Å². The van der Waals surface area contributed by atoms with Gasteiger partial charge in [0, 0.05) is 6.54 Å². The lowest BCUT2D eigenvalue weighted by Gasteiger charge is -2.46. The van der Waals surface area contributed by atoms with Gasteiger partial charge in [-0.15, -0.1) is 0 Å². The summed E-state index contributed by atoms with van der Waals surface area (Å²) in [4.78, 5) is 26.4. The summed E-state index contributed by atoms with van der Waals surface area (Å²) in [5.41, 5.74) is 0. The van der Waals surface area contributed by atoms with E-state index in [4.69, 9.17) is 9.47 Å². The van der Waals surface area contributed by atoms with Crippen molar-refractivity contribution in [3.8, 4) is 0 Å². The highest BCUT2D eigenvalue weighted by atomic mass is 16.6. The van der Waals surface area contributed by atoms with Gasteiger partial charge in [-0.3, -0.25) is 4.90 Å². The molecule has 23 heavy (non-hydrogen) atoms. The molecular weight excluding hydrogens is 298 g/mol. The van der Waals surface area contributed by atoms with Crippen LogP contribution in [0, 0.1) is 11.8 Å². The van der Waals surface area contributed by atoms with E-state index in [0.29, 0.717) is 32.6 Å². The van der Waals surface area contributed by atoms with Gasteiger partial charge in [-0.25, -0.2) is 9.59 Å². The summed E-state index contributed by atoms with van der Waals surface area (Å²) in [6.07, 6.45) is 4.01. The smallest absolute Gasteiger partial charge is 0.410 e. The summed E-state index contributed by atoms with van der Waals surface area (Å²) in [6, 6.07) is -0.574. The predicted octanol–water partition coefficient (Wildman–Crippen LogP) is 2.34. The summed E-state index contributed by atoms with van der Waals surface area (Å²) >= 11 is 0. The molecule has 6 heteroatoms. The zero-order valence-corrected chi connectivity index (χ0v) is 14.2.